The Balaban J connectivity index is 2.14. The Morgan fingerprint density at radius 2 is 2.29 bits per heavy atom. The zero-order chi connectivity index (χ0) is 12.1. The van der Waals surface area contributed by atoms with Crippen LogP contribution in [0.2, 0.25) is 0 Å². The maximum atomic E-state index is 12.3. The number of hydrogen-bond donors (Lipinski definition) is 1. The molecule has 2 N–H and O–H groups in total. The van der Waals surface area contributed by atoms with Crippen LogP contribution in [0.3, 0.4) is 0 Å². The van der Waals surface area contributed by atoms with Crippen molar-refractivity contribution in [1.29, 1.82) is 0 Å². The van der Waals surface area contributed by atoms with E-state index in [1.54, 1.807) is 6.20 Å². The first-order valence-corrected chi connectivity index (χ1v) is 5.29. The molecule has 0 fully saturated rings. The summed E-state index contributed by atoms with van der Waals surface area (Å²) in [6.45, 7) is 0.324. The van der Waals surface area contributed by atoms with Crippen LogP contribution < -0.4 is 10.5 Å². The third-order valence-electron chi connectivity index (χ3n) is 2.42. The molecule has 0 saturated carbocycles. The summed E-state index contributed by atoms with van der Waals surface area (Å²) in [5.41, 5.74) is 6.67. The van der Waals surface area contributed by atoms with Gasteiger partial charge in [0.15, 0.2) is 0 Å². The molecule has 2 aromatic rings. The lowest BCUT2D eigenvalue weighted by Gasteiger charge is -2.07. The lowest BCUT2D eigenvalue weighted by atomic mass is 10.2. The normalized spacial score (nSPS) is 11.8. The Labute approximate surface area is 98.7 Å². The summed E-state index contributed by atoms with van der Waals surface area (Å²) < 4.78 is 17.7. The molecular formula is C13H13FN2O. The van der Waals surface area contributed by atoms with Gasteiger partial charge in [0.05, 0.1) is 11.8 Å². The molecule has 88 valence electrons. The average molecular weight is 232 g/mol. The van der Waals surface area contributed by atoms with Gasteiger partial charge >= 0.3 is 0 Å². The molecule has 0 radical (unpaired) electrons. The molecular weight excluding hydrogens is 219 g/mol. The fourth-order valence-electron chi connectivity index (χ4n) is 1.45. The summed E-state index contributed by atoms with van der Waals surface area (Å²) in [4.78, 5) is 4.20. The van der Waals surface area contributed by atoms with Crippen molar-refractivity contribution < 1.29 is 9.13 Å². The molecule has 1 aromatic carbocycles. The monoisotopic (exact) mass is 232 g/mol. The molecule has 0 saturated heterocycles. The number of halogens is 1. The summed E-state index contributed by atoms with van der Waals surface area (Å²) in [5.74, 6) is 0.679. The Morgan fingerprint density at radius 1 is 1.41 bits per heavy atom. The Bertz CT molecular complexity index is 540. The van der Waals surface area contributed by atoms with Gasteiger partial charge in [-0.3, -0.25) is 4.98 Å². The van der Waals surface area contributed by atoms with E-state index in [2.05, 4.69) is 4.98 Å². The van der Waals surface area contributed by atoms with E-state index in [0.29, 0.717) is 17.7 Å². The lowest BCUT2D eigenvalue weighted by molar-refractivity contribution is 0.348. The van der Waals surface area contributed by atoms with Crippen molar-refractivity contribution in [2.24, 2.45) is 5.73 Å². The van der Waals surface area contributed by atoms with E-state index in [-0.39, 0.29) is 13.2 Å². The number of ether oxygens (including phenoxy) is 1. The van der Waals surface area contributed by atoms with Crippen LogP contribution >= 0.6 is 0 Å². The summed E-state index contributed by atoms with van der Waals surface area (Å²) in [6, 6.07) is 9.35. The van der Waals surface area contributed by atoms with Gasteiger partial charge in [0, 0.05) is 23.7 Å². The molecule has 1 heterocycles. The molecule has 3 nitrogen and oxygen atoms in total. The van der Waals surface area contributed by atoms with Crippen molar-refractivity contribution in [3.8, 4) is 5.75 Å². The molecule has 4 heteroatoms. The first-order valence-electron chi connectivity index (χ1n) is 5.29. The third-order valence-corrected chi connectivity index (χ3v) is 2.42. The number of nitrogens with two attached hydrogens (primary N) is 1. The van der Waals surface area contributed by atoms with E-state index in [1.807, 2.05) is 30.3 Å². The van der Waals surface area contributed by atoms with Gasteiger partial charge in [-0.2, -0.15) is 0 Å². The maximum Gasteiger partial charge on any atom is 0.120 e. The molecule has 0 bridgehead atoms. The minimum Gasteiger partial charge on any atom is -0.489 e. The van der Waals surface area contributed by atoms with Crippen molar-refractivity contribution in [3.63, 3.8) is 0 Å². The molecule has 17 heavy (non-hydrogen) atoms. The van der Waals surface area contributed by atoms with Crippen LogP contribution in [0.25, 0.3) is 10.9 Å². The minimum atomic E-state index is 0.158. The fraction of sp³-hybridized carbons (Fsp3) is 0.154. The molecule has 1 aromatic heterocycles. The molecule has 0 aliphatic rings. The second-order valence-electron chi connectivity index (χ2n) is 3.62. The van der Waals surface area contributed by atoms with Crippen molar-refractivity contribution in [3.05, 3.63) is 48.4 Å². The largest absolute Gasteiger partial charge is 0.489 e. The number of rotatable bonds is 4. The molecule has 0 unspecified atom stereocenters. The maximum absolute atomic E-state index is 12.3. The Hall–Kier alpha value is -1.94. The van der Waals surface area contributed by atoms with Crippen molar-refractivity contribution >= 4 is 10.9 Å². The van der Waals surface area contributed by atoms with Crippen LogP contribution in [0.4, 0.5) is 4.39 Å². The van der Waals surface area contributed by atoms with Gasteiger partial charge in [0.25, 0.3) is 0 Å². The van der Waals surface area contributed by atoms with E-state index in [9.17, 15) is 4.39 Å². The molecule has 2 rings (SSSR count). The first-order chi connectivity index (χ1) is 8.33. The summed E-state index contributed by atoms with van der Waals surface area (Å²) >= 11 is 0. The Morgan fingerprint density at radius 3 is 3.06 bits per heavy atom. The fourth-order valence-corrected chi connectivity index (χ4v) is 1.45. The highest BCUT2D eigenvalue weighted by Crippen LogP contribution is 2.19. The summed E-state index contributed by atoms with van der Waals surface area (Å²) in [5, 5.41) is 0.989. The van der Waals surface area contributed by atoms with Crippen molar-refractivity contribution in [2.45, 2.75) is 0 Å². The minimum absolute atomic E-state index is 0.158. The molecule has 0 aliphatic carbocycles. The second-order valence-corrected chi connectivity index (χ2v) is 3.62. The number of benzene rings is 1. The van der Waals surface area contributed by atoms with E-state index in [0.717, 1.165) is 10.9 Å². The van der Waals surface area contributed by atoms with Crippen molar-refractivity contribution in [2.75, 3.05) is 13.2 Å². The van der Waals surface area contributed by atoms with Crippen LogP contribution in [-0.2, 0) is 0 Å². The van der Waals surface area contributed by atoms with Gasteiger partial charge in [-0.1, -0.05) is 6.07 Å². The van der Waals surface area contributed by atoms with Crippen LogP contribution in [0, 0.1) is 0 Å². The Kier molecular flexibility index (Phi) is 3.67. The zero-order valence-corrected chi connectivity index (χ0v) is 9.27. The van der Waals surface area contributed by atoms with Crippen molar-refractivity contribution in [1.82, 2.24) is 4.98 Å². The van der Waals surface area contributed by atoms with Crippen LogP contribution in [0.15, 0.2) is 48.4 Å². The summed E-state index contributed by atoms with van der Waals surface area (Å²) in [6.07, 6.45) is 2.23. The molecule has 0 spiro atoms. The average Bonchev–Trinajstić information content (AvgIpc) is 2.40. The predicted molar refractivity (Wildman–Crippen MR) is 65.5 cm³/mol. The number of aromatic nitrogens is 1. The number of nitrogens with zero attached hydrogens (tertiary/aromatic N) is 1. The first kappa shape index (κ1) is 11.5. The molecule has 0 atom stereocenters. The van der Waals surface area contributed by atoms with E-state index < -0.39 is 0 Å². The highest BCUT2D eigenvalue weighted by molar-refractivity contribution is 5.79. The highest BCUT2D eigenvalue weighted by atomic mass is 19.1. The number of pyridine rings is 1. The van der Waals surface area contributed by atoms with Crippen LogP contribution in [0.5, 0.6) is 5.75 Å². The van der Waals surface area contributed by atoms with Gasteiger partial charge in [0.1, 0.15) is 12.4 Å². The second kappa shape index (κ2) is 5.41. The number of fused-ring (bicyclic) bond motifs is 1. The quantitative estimate of drug-likeness (QED) is 0.880. The van der Waals surface area contributed by atoms with Gasteiger partial charge in [-0.05, 0) is 24.3 Å². The van der Waals surface area contributed by atoms with E-state index in [1.165, 1.54) is 0 Å². The van der Waals surface area contributed by atoms with E-state index >= 15 is 0 Å². The van der Waals surface area contributed by atoms with Gasteiger partial charge in [0.2, 0.25) is 0 Å². The molecule has 0 aliphatic heterocycles. The third kappa shape index (κ3) is 2.79. The van der Waals surface area contributed by atoms with E-state index in [4.69, 9.17) is 10.5 Å². The smallest absolute Gasteiger partial charge is 0.120 e. The van der Waals surface area contributed by atoms with Gasteiger partial charge < -0.3 is 10.5 Å². The van der Waals surface area contributed by atoms with Crippen LogP contribution in [0.1, 0.15) is 0 Å². The standard InChI is InChI=1S/C13H13FN2O/c14-7-10(8-15)9-17-12-3-4-13-11(6-12)2-1-5-16-13/h1-7H,8-9,15H2/b10-7-. The lowest BCUT2D eigenvalue weighted by Crippen LogP contribution is -2.10. The topological polar surface area (TPSA) is 48.1 Å². The predicted octanol–water partition coefficient (Wildman–Crippen LogP) is 2.43. The SMILES string of the molecule is NC/C(=C/F)COc1ccc2ncccc2c1. The van der Waals surface area contributed by atoms with Gasteiger partial charge in [-0.25, -0.2) is 4.39 Å². The van der Waals surface area contributed by atoms with Gasteiger partial charge in [-0.15, -0.1) is 0 Å². The molecule has 0 amide bonds. The zero-order valence-electron chi connectivity index (χ0n) is 9.27. The highest BCUT2D eigenvalue weighted by Gasteiger charge is 2.00. The summed E-state index contributed by atoms with van der Waals surface area (Å²) in [7, 11) is 0. The number of hydrogen-bond acceptors (Lipinski definition) is 3. The van der Waals surface area contributed by atoms with Crippen LogP contribution in [-0.4, -0.2) is 18.1 Å².